The highest BCUT2D eigenvalue weighted by molar-refractivity contribution is 6.17. The number of ether oxygens (including phenoxy) is 1. The van der Waals surface area contributed by atoms with E-state index in [1.165, 1.54) is 12.1 Å². The van der Waals surface area contributed by atoms with Gasteiger partial charge in [-0.1, -0.05) is 12.1 Å². The first-order chi connectivity index (χ1) is 9.08. The fourth-order valence-corrected chi connectivity index (χ4v) is 1.93. The van der Waals surface area contributed by atoms with E-state index in [0.29, 0.717) is 0 Å². The lowest BCUT2D eigenvalue weighted by Gasteiger charge is -2.10. The van der Waals surface area contributed by atoms with E-state index >= 15 is 0 Å². The zero-order chi connectivity index (χ0) is 13.6. The molecule has 1 aromatic carbocycles. The molecule has 1 aromatic rings. The quantitative estimate of drug-likeness (QED) is 0.724. The van der Waals surface area contributed by atoms with Crippen molar-refractivity contribution in [1.29, 1.82) is 0 Å². The predicted octanol–water partition coefficient (Wildman–Crippen LogP) is -0.0749. The molecule has 3 rings (SSSR count). The monoisotopic (exact) mass is 259 g/mol. The minimum absolute atomic E-state index is 0.0301. The molecule has 19 heavy (non-hydrogen) atoms. The number of carbonyl (C=O) groups excluding carboxylic acids is 3. The molecule has 6 heteroatoms. The second-order valence-corrected chi connectivity index (χ2v) is 4.27. The fourth-order valence-electron chi connectivity index (χ4n) is 1.93. The zero-order valence-corrected chi connectivity index (χ0v) is 9.62. The van der Waals surface area contributed by atoms with Gasteiger partial charge in [0.25, 0.3) is 5.91 Å². The van der Waals surface area contributed by atoms with Gasteiger partial charge in [-0.15, -0.1) is 0 Å². The normalized spacial score (nSPS) is 24.5. The number of aromatic hydroxyl groups is 1. The van der Waals surface area contributed by atoms with Crippen molar-refractivity contribution < 1.29 is 24.2 Å². The average molecular weight is 259 g/mol. The largest absolute Gasteiger partial charge is 0.507 e. The Morgan fingerprint density at radius 2 is 1.95 bits per heavy atom. The first-order valence-electron chi connectivity index (χ1n) is 5.62. The maximum Gasteiger partial charge on any atom is 0.259 e. The van der Waals surface area contributed by atoms with Gasteiger partial charge in [0, 0.05) is 6.08 Å². The van der Waals surface area contributed by atoms with Gasteiger partial charge in [-0.3, -0.25) is 14.4 Å². The zero-order valence-electron chi connectivity index (χ0n) is 9.62. The van der Waals surface area contributed by atoms with E-state index in [4.69, 9.17) is 4.74 Å². The lowest BCUT2D eigenvalue weighted by molar-refractivity contribution is -0.119. The molecule has 2 atom stereocenters. The lowest BCUT2D eigenvalue weighted by atomic mass is 10.0. The van der Waals surface area contributed by atoms with Crippen molar-refractivity contribution in [3.05, 3.63) is 41.6 Å². The number of para-hydroxylation sites is 1. The van der Waals surface area contributed by atoms with Crippen LogP contribution in [0.25, 0.3) is 0 Å². The Morgan fingerprint density at radius 3 is 2.68 bits per heavy atom. The summed E-state index contributed by atoms with van der Waals surface area (Å²) < 4.78 is 4.89. The van der Waals surface area contributed by atoms with Crippen LogP contribution in [-0.2, 0) is 14.3 Å². The molecule has 0 radical (unpaired) electrons. The average Bonchev–Trinajstić information content (AvgIpc) is 3.17. The van der Waals surface area contributed by atoms with Crippen LogP contribution in [0, 0.1) is 0 Å². The minimum Gasteiger partial charge on any atom is -0.507 e. The number of carbonyl (C=O) groups is 3. The molecular formula is C13H9NO5. The van der Waals surface area contributed by atoms with E-state index in [0.717, 1.165) is 6.08 Å². The van der Waals surface area contributed by atoms with Crippen molar-refractivity contribution in [1.82, 2.24) is 5.32 Å². The van der Waals surface area contributed by atoms with Crippen molar-refractivity contribution >= 4 is 17.5 Å². The number of hydrogen-bond acceptors (Lipinski definition) is 5. The molecule has 0 spiro atoms. The Kier molecular flexibility index (Phi) is 2.46. The topological polar surface area (TPSA) is 96.0 Å². The molecule has 6 nitrogen and oxygen atoms in total. The second-order valence-electron chi connectivity index (χ2n) is 4.27. The summed E-state index contributed by atoms with van der Waals surface area (Å²) >= 11 is 0. The van der Waals surface area contributed by atoms with Gasteiger partial charge < -0.3 is 15.2 Å². The van der Waals surface area contributed by atoms with Crippen LogP contribution in [0.15, 0.2) is 36.0 Å². The maximum absolute atomic E-state index is 11.9. The Bertz CT molecular complexity index is 634. The molecule has 2 aliphatic rings. The van der Waals surface area contributed by atoms with Crippen LogP contribution in [0.2, 0.25) is 0 Å². The number of epoxide rings is 1. The molecule has 2 N–H and O–H groups in total. The second kappa shape index (κ2) is 4.03. The van der Waals surface area contributed by atoms with Crippen LogP contribution < -0.4 is 5.32 Å². The number of fused-ring (bicyclic) bond motifs is 1. The number of benzene rings is 1. The standard InChI is InChI=1S/C13H9NO5/c15-8-4-2-1-3-6(8)13(18)14-7-5-9(16)11-12(19-11)10(7)17/h1-5,11-12,15H,(H,14,18)/t11-,12+/m1/s1. The van der Waals surface area contributed by atoms with E-state index in [-0.39, 0.29) is 22.8 Å². The van der Waals surface area contributed by atoms with E-state index < -0.39 is 23.9 Å². The van der Waals surface area contributed by atoms with E-state index in [2.05, 4.69) is 5.32 Å². The van der Waals surface area contributed by atoms with E-state index in [1.54, 1.807) is 12.1 Å². The van der Waals surface area contributed by atoms with Gasteiger partial charge in [0.05, 0.1) is 11.3 Å². The molecule has 1 heterocycles. The summed E-state index contributed by atoms with van der Waals surface area (Å²) in [4.78, 5) is 35.1. The van der Waals surface area contributed by atoms with Crippen LogP contribution in [0.5, 0.6) is 5.75 Å². The molecule has 96 valence electrons. The van der Waals surface area contributed by atoms with Crippen LogP contribution in [0.1, 0.15) is 10.4 Å². The number of rotatable bonds is 2. The van der Waals surface area contributed by atoms with Crippen molar-refractivity contribution in [2.24, 2.45) is 0 Å². The Morgan fingerprint density at radius 1 is 1.21 bits per heavy atom. The number of ketones is 2. The molecule has 0 unspecified atom stereocenters. The third-order valence-electron chi connectivity index (χ3n) is 2.98. The van der Waals surface area contributed by atoms with Crippen molar-refractivity contribution in [3.63, 3.8) is 0 Å². The summed E-state index contributed by atoms with van der Waals surface area (Å²) in [5.74, 6) is -1.61. The van der Waals surface area contributed by atoms with Crippen LogP contribution in [-0.4, -0.2) is 34.8 Å². The molecule has 0 saturated carbocycles. The molecule has 1 saturated heterocycles. The molecule has 1 fully saturated rings. The van der Waals surface area contributed by atoms with Gasteiger partial charge in [0.1, 0.15) is 5.75 Å². The molecular weight excluding hydrogens is 250 g/mol. The van der Waals surface area contributed by atoms with Gasteiger partial charge >= 0.3 is 0 Å². The van der Waals surface area contributed by atoms with Crippen molar-refractivity contribution in [2.75, 3.05) is 0 Å². The Hall–Kier alpha value is -2.47. The highest BCUT2D eigenvalue weighted by Gasteiger charge is 2.53. The summed E-state index contributed by atoms with van der Waals surface area (Å²) in [5, 5.41) is 11.9. The van der Waals surface area contributed by atoms with E-state index in [9.17, 15) is 19.5 Å². The summed E-state index contributed by atoms with van der Waals surface area (Å²) in [6.45, 7) is 0. The SMILES string of the molecule is O=C(NC1=CC(=O)[C@H]2O[C@H]2C1=O)c1ccccc1O. The Labute approximate surface area is 107 Å². The third kappa shape index (κ3) is 1.92. The highest BCUT2D eigenvalue weighted by atomic mass is 16.6. The van der Waals surface area contributed by atoms with Gasteiger partial charge in [0.15, 0.2) is 18.0 Å². The van der Waals surface area contributed by atoms with Crippen LogP contribution in [0.3, 0.4) is 0 Å². The number of amides is 1. The molecule has 0 bridgehead atoms. The molecule has 1 amide bonds. The summed E-state index contributed by atoms with van der Waals surface area (Å²) in [7, 11) is 0. The molecule has 1 aliphatic carbocycles. The van der Waals surface area contributed by atoms with Crippen LogP contribution >= 0.6 is 0 Å². The number of hydrogen-bond donors (Lipinski definition) is 2. The smallest absolute Gasteiger partial charge is 0.259 e. The fraction of sp³-hybridized carbons (Fsp3) is 0.154. The highest BCUT2D eigenvalue weighted by Crippen LogP contribution is 2.30. The number of phenols is 1. The van der Waals surface area contributed by atoms with Gasteiger partial charge in [-0.25, -0.2) is 0 Å². The van der Waals surface area contributed by atoms with Crippen molar-refractivity contribution in [2.45, 2.75) is 12.2 Å². The summed E-state index contributed by atoms with van der Waals surface area (Å²) in [6, 6.07) is 5.92. The number of nitrogens with one attached hydrogen (secondary N) is 1. The van der Waals surface area contributed by atoms with Gasteiger partial charge in [-0.2, -0.15) is 0 Å². The minimum atomic E-state index is -0.767. The first-order valence-corrected chi connectivity index (χ1v) is 5.62. The lowest BCUT2D eigenvalue weighted by Crippen LogP contribution is -2.34. The van der Waals surface area contributed by atoms with Gasteiger partial charge in [0.2, 0.25) is 5.78 Å². The van der Waals surface area contributed by atoms with Gasteiger partial charge in [-0.05, 0) is 12.1 Å². The van der Waals surface area contributed by atoms with E-state index in [1.807, 2.05) is 0 Å². The van der Waals surface area contributed by atoms with Crippen molar-refractivity contribution in [3.8, 4) is 5.75 Å². The Balaban J connectivity index is 1.82. The maximum atomic E-state index is 11.9. The van der Waals surface area contributed by atoms with Crippen LogP contribution in [0.4, 0.5) is 0 Å². The number of phenolic OH excluding ortho intramolecular Hbond substituents is 1. The number of Topliss-reactive ketones (excluding diaryl/α,β-unsaturated/α-hetero) is 1. The third-order valence-corrected chi connectivity index (χ3v) is 2.98. The summed E-state index contributed by atoms with van der Waals surface area (Å²) in [6.07, 6.45) is -0.385. The molecule has 0 aromatic heterocycles. The summed E-state index contributed by atoms with van der Waals surface area (Å²) in [5.41, 5.74) is -0.0699. The first kappa shape index (κ1) is 11.6. The predicted molar refractivity (Wildman–Crippen MR) is 62.3 cm³/mol. The molecule has 1 aliphatic heterocycles.